The Balaban J connectivity index is 2.42. The van der Waals surface area contributed by atoms with Gasteiger partial charge in [0.25, 0.3) is 5.69 Å². The lowest BCUT2D eigenvalue weighted by Gasteiger charge is -2.37. The molecule has 1 aliphatic rings. The lowest BCUT2D eigenvalue weighted by atomic mass is 10.1. The molecule has 0 aliphatic carbocycles. The number of piperazine rings is 1. The number of halogens is 2. The standard InChI is InChI=1S/C12H15Cl2N3O2/c1-7-5-16(6-8(2)15-7)11-3-9(13)10(14)4-12(11)17(18)19/h3-4,7-8,15H,5-6H2,1-2H3. The molecule has 7 heteroatoms. The van der Waals surface area contributed by atoms with Crippen molar-refractivity contribution in [1.82, 2.24) is 5.32 Å². The molecule has 1 fully saturated rings. The van der Waals surface area contributed by atoms with E-state index in [-0.39, 0.29) is 22.8 Å². The van der Waals surface area contributed by atoms with Crippen molar-refractivity contribution in [2.75, 3.05) is 18.0 Å². The Morgan fingerprint density at radius 1 is 1.26 bits per heavy atom. The number of nitrogens with zero attached hydrogens (tertiary/aromatic N) is 2. The van der Waals surface area contributed by atoms with Crippen LogP contribution in [-0.2, 0) is 0 Å². The summed E-state index contributed by atoms with van der Waals surface area (Å²) in [5.74, 6) is 0. The third-order valence-electron chi connectivity index (χ3n) is 3.11. The number of nitrogens with one attached hydrogen (secondary N) is 1. The maximum Gasteiger partial charge on any atom is 0.294 e. The molecule has 0 saturated carbocycles. The summed E-state index contributed by atoms with van der Waals surface area (Å²) >= 11 is 11.8. The summed E-state index contributed by atoms with van der Waals surface area (Å²) in [4.78, 5) is 12.7. The molecule has 2 unspecified atom stereocenters. The molecule has 0 aromatic heterocycles. The Morgan fingerprint density at radius 3 is 2.32 bits per heavy atom. The van der Waals surface area contributed by atoms with Crippen LogP contribution < -0.4 is 10.2 Å². The Kier molecular flexibility index (Phi) is 4.18. The van der Waals surface area contributed by atoms with Gasteiger partial charge in [-0.2, -0.15) is 0 Å². The fourth-order valence-electron chi connectivity index (χ4n) is 2.45. The third kappa shape index (κ3) is 3.11. The molecule has 5 nitrogen and oxygen atoms in total. The Labute approximate surface area is 121 Å². The molecule has 0 amide bonds. The van der Waals surface area contributed by atoms with E-state index in [0.29, 0.717) is 23.8 Å². The topological polar surface area (TPSA) is 58.4 Å². The van der Waals surface area contributed by atoms with Crippen molar-refractivity contribution in [3.05, 3.63) is 32.3 Å². The molecule has 19 heavy (non-hydrogen) atoms. The minimum atomic E-state index is -0.422. The van der Waals surface area contributed by atoms with Crippen LogP contribution in [0.1, 0.15) is 13.8 Å². The van der Waals surface area contributed by atoms with Gasteiger partial charge < -0.3 is 10.2 Å². The highest BCUT2D eigenvalue weighted by Crippen LogP contribution is 2.36. The van der Waals surface area contributed by atoms with Crippen LogP contribution in [0.5, 0.6) is 0 Å². The van der Waals surface area contributed by atoms with Gasteiger partial charge in [0.15, 0.2) is 0 Å². The van der Waals surface area contributed by atoms with Crippen LogP contribution >= 0.6 is 23.2 Å². The van der Waals surface area contributed by atoms with Gasteiger partial charge in [-0.1, -0.05) is 23.2 Å². The van der Waals surface area contributed by atoms with Gasteiger partial charge >= 0.3 is 0 Å². The summed E-state index contributed by atoms with van der Waals surface area (Å²) in [7, 11) is 0. The Bertz CT molecular complexity index is 500. The van der Waals surface area contributed by atoms with Crippen molar-refractivity contribution in [1.29, 1.82) is 0 Å². The summed E-state index contributed by atoms with van der Waals surface area (Å²) in [5, 5.41) is 15.1. The molecule has 1 N–H and O–H groups in total. The van der Waals surface area contributed by atoms with E-state index in [0.717, 1.165) is 0 Å². The zero-order valence-electron chi connectivity index (χ0n) is 10.7. The van der Waals surface area contributed by atoms with Crippen LogP contribution in [0.4, 0.5) is 11.4 Å². The summed E-state index contributed by atoms with van der Waals surface area (Å²) in [6.07, 6.45) is 0. The van der Waals surface area contributed by atoms with Crippen LogP contribution in [0.15, 0.2) is 12.1 Å². The monoisotopic (exact) mass is 303 g/mol. The molecular weight excluding hydrogens is 289 g/mol. The predicted octanol–water partition coefficient (Wildman–Crippen LogP) is 3.09. The largest absolute Gasteiger partial charge is 0.363 e. The Morgan fingerprint density at radius 2 is 1.79 bits per heavy atom. The van der Waals surface area contributed by atoms with Crippen molar-refractivity contribution in [3.63, 3.8) is 0 Å². The van der Waals surface area contributed by atoms with Crippen LogP contribution in [0, 0.1) is 10.1 Å². The molecule has 2 rings (SSSR count). The van der Waals surface area contributed by atoms with E-state index in [1.54, 1.807) is 6.07 Å². The summed E-state index contributed by atoms with van der Waals surface area (Å²) in [6.45, 7) is 5.49. The maximum atomic E-state index is 11.2. The van der Waals surface area contributed by atoms with Gasteiger partial charge in [0.1, 0.15) is 5.69 Å². The van der Waals surface area contributed by atoms with Gasteiger partial charge in [-0.05, 0) is 19.9 Å². The zero-order chi connectivity index (χ0) is 14.2. The molecule has 104 valence electrons. The second-order valence-corrected chi connectivity index (χ2v) is 5.70. The van der Waals surface area contributed by atoms with Crippen LogP contribution in [0.25, 0.3) is 0 Å². The van der Waals surface area contributed by atoms with E-state index in [1.807, 2.05) is 18.7 Å². The first-order valence-electron chi connectivity index (χ1n) is 6.03. The molecule has 1 heterocycles. The highest BCUT2D eigenvalue weighted by atomic mass is 35.5. The minimum absolute atomic E-state index is 0.00398. The summed E-state index contributed by atoms with van der Waals surface area (Å²) in [5.41, 5.74) is 0.523. The average molecular weight is 304 g/mol. The third-order valence-corrected chi connectivity index (χ3v) is 3.83. The molecular formula is C12H15Cl2N3O2. The second kappa shape index (κ2) is 5.53. The van der Waals surface area contributed by atoms with Crippen LogP contribution in [0.3, 0.4) is 0 Å². The lowest BCUT2D eigenvalue weighted by molar-refractivity contribution is -0.384. The fraction of sp³-hybridized carbons (Fsp3) is 0.500. The van der Waals surface area contributed by atoms with Crippen molar-refractivity contribution in [2.24, 2.45) is 0 Å². The van der Waals surface area contributed by atoms with Crippen molar-refractivity contribution in [2.45, 2.75) is 25.9 Å². The molecule has 2 atom stereocenters. The number of anilines is 1. The van der Waals surface area contributed by atoms with E-state index in [9.17, 15) is 10.1 Å². The van der Waals surface area contributed by atoms with Crippen molar-refractivity contribution in [3.8, 4) is 0 Å². The Hall–Kier alpha value is -1.04. The maximum absolute atomic E-state index is 11.2. The SMILES string of the molecule is CC1CN(c2cc(Cl)c(Cl)cc2[N+](=O)[O-])CC(C)N1. The van der Waals surface area contributed by atoms with Gasteiger partial charge in [0.05, 0.1) is 15.0 Å². The van der Waals surface area contributed by atoms with Gasteiger partial charge in [-0.3, -0.25) is 10.1 Å². The van der Waals surface area contributed by atoms with Crippen LogP contribution in [0.2, 0.25) is 10.0 Å². The second-order valence-electron chi connectivity index (χ2n) is 4.89. The number of hydrogen-bond donors (Lipinski definition) is 1. The van der Waals surface area contributed by atoms with Crippen molar-refractivity contribution >= 4 is 34.6 Å². The smallest absolute Gasteiger partial charge is 0.294 e. The number of benzene rings is 1. The molecule has 0 spiro atoms. The number of nitro benzene ring substituents is 1. The van der Waals surface area contributed by atoms with Gasteiger partial charge in [-0.15, -0.1) is 0 Å². The van der Waals surface area contributed by atoms with E-state index in [4.69, 9.17) is 23.2 Å². The minimum Gasteiger partial charge on any atom is -0.363 e. The molecule has 1 aromatic rings. The van der Waals surface area contributed by atoms with Gasteiger partial charge in [0, 0.05) is 31.2 Å². The first-order valence-corrected chi connectivity index (χ1v) is 6.78. The van der Waals surface area contributed by atoms with Gasteiger partial charge in [-0.25, -0.2) is 0 Å². The van der Waals surface area contributed by atoms with E-state index in [2.05, 4.69) is 5.32 Å². The molecule has 0 bridgehead atoms. The fourth-order valence-corrected chi connectivity index (χ4v) is 2.76. The van der Waals surface area contributed by atoms with Crippen molar-refractivity contribution < 1.29 is 4.92 Å². The molecule has 0 radical (unpaired) electrons. The van der Waals surface area contributed by atoms with Crippen LogP contribution in [-0.4, -0.2) is 30.1 Å². The molecule has 1 saturated heterocycles. The normalized spacial score (nSPS) is 23.5. The number of rotatable bonds is 2. The lowest BCUT2D eigenvalue weighted by Crippen LogP contribution is -2.54. The first kappa shape index (κ1) is 14.4. The highest BCUT2D eigenvalue weighted by molar-refractivity contribution is 6.42. The first-order chi connectivity index (χ1) is 8.88. The highest BCUT2D eigenvalue weighted by Gasteiger charge is 2.27. The van der Waals surface area contributed by atoms with E-state index < -0.39 is 4.92 Å². The number of hydrogen-bond acceptors (Lipinski definition) is 4. The van der Waals surface area contributed by atoms with E-state index in [1.165, 1.54) is 6.07 Å². The van der Waals surface area contributed by atoms with E-state index >= 15 is 0 Å². The van der Waals surface area contributed by atoms with Gasteiger partial charge in [0.2, 0.25) is 0 Å². The summed E-state index contributed by atoms with van der Waals surface area (Å²) in [6, 6.07) is 3.42. The summed E-state index contributed by atoms with van der Waals surface area (Å²) < 4.78 is 0. The average Bonchev–Trinajstić information content (AvgIpc) is 2.30. The zero-order valence-corrected chi connectivity index (χ0v) is 12.2. The predicted molar refractivity (Wildman–Crippen MR) is 77.4 cm³/mol. The number of nitro groups is 1. The quantitative estimate of drug-likeness (QED) is 0.674. The molecule has 1 aliphatic heterocycles. The molecule has 1 aromatic carbocycles.